The Balaban J connectivity index is 0.00000242. The monoisotopic (exact) mass is 321 g/mol. The quantitative estimate of drug-likeness (QED) is 0.836. The lowest BCUT2D eigenvalue weighted by molar-refractivity contribution is -0.138. The number of nitrogens with zero attached hydrogens (tertiary/aromatic N) is 1. The first kappa shape index (κ1) is 17.8. The van der Waals surface area contributed by atoms with Crippen LogP contribution < -0.4 is 11.1 Å². The summed E-state index contributed by atoms with van der Waals surface area (Å²) in [5.41, 5.74) is 8.72. The van der Waals surface area contributed by atoms with Crippen molar-refractivity contribution in [2.75, 3.05) is 6.61 Å². The van der Waals surface area contributed by atoms with Gasteiger partial charge in [0.25, 0.3) is 0 Å². The molecule has 118 valence electrons. The zero-order valence-corrected chi connectivity index (χ0v) is 13.4. The van der Waals surface area contributed by atoms with Crippen molar-refractivity contribution in [2.45, 2.75) is 19.9 Å². The molecule has 1 aromatic carbocycles. The Hall–Kier alpha value is -2.27. The third-order valence-electron chi connectivity index (χ3n) is 3.27. The molecule has 0 spiro atoms. The number of nitrogens with one attached hydrogen (secondary N) is 1. The molecule has 1 aliphatic heterocycles. The topological polar surface area (TPSA) is 76.7 Å². The summed E-state index contributed by atoms with van der Waals surface area (Å²) in [5, 5.41) is 2.89. The minimum Gasteiger partial charge on any atom is -0.463 e. The molecule has 0 amide bonds. The third kappa shape index (κ3) is 3.49. The lowest BCUT2D eigenvalue weighted by Crippen LogP contribution is -2.37. The Morgan fingerprint density at radius 1 is 1.50 bits per heavy atom. The van der Waals surface area contributed by atoms with Crippen molar-refractivity contribution in [3.8, 4) is 0 Å². The Morgan fingerprint density at radius 3 is 2.82 bits per heavy atom. The van der Waals surface area contributed by atoms with Crippen LogP contribution in [0.1, 0.15) is 31.0 Å². The van der Waals surface area contributed by atoms with Crippen LogP contribution in [0.15, 0.2) is 47.1 Å². The molecule has 6 heteroatoms. The normalized spacial score (nSPS) is 17.0. The maximum atomic E-state index is 12.2. The summed E-state index contributed by atoms with van der Waals surface area (Å²) in [7, 11) is 0. The molecule has 5 nitrogen and oxygen atoms in total. The molecule has 0 saturated heterocycles. The Labute approximate surface area is 136 Å². The number of nitrogens with two attached hydrogens (primary N) is 1. The minimum atomic E-state index is -0.487. The number of rotatable bonds is 4. The number of carbonyl (C=O) groups excluding carboxylic acids is 1. The van der Waals surface area contributed by atoms with E-state index in [2.05, 4.69) is 16.9 Å². The minimum absolute atomic E-state index is 0. The highest BCUT2D eigenvalue weighted by molar-refractivity contribution is 5.95. The van der Waals surface area contributed by atoms with E-state index < -0.39 is 6.04 Å². The molecule has 22 heavy (non-hydrogen) atoms. The van der Waals surface area contributed by atoms with Crippen molar-refractivity contribution in [1.29, 1.82) is 0 Å². The zero-order valence-electron chi connectivity index (χ0n) is 12.6. The fourth-order valence-corrected chi connectivity index (χ4v) is 2.34. The van der Waals surface area contributed by atoms with Crippen molar-refractivity contribution in [3.05, 3.63) is 53.2 Å². The van der Waals surface area contributed by atoms with Crippen LogP contribution in [0.3, 0.4) is 0 Å². The number of carbonyl (C=O) groups is 1. The molecule has 0 aliphatic carbocycles. The number of ether oxygens (including phenoxy) is 1. The SMILES string of the molecule is C=Cc1ccccc1C1N=C(N)NC(C)=C1C(=O)OCC.Cl. The van der Waals surface area contributed by atoms with Gasteiger partial charge in [-0.25, -0.2) is 9.79 Å². The van der Waals surface area contributed by atoms with Gasteiger partial charge < -0.3 is 15.8 Å². The molecule has 0 fully saturated rings. The summed E-state index contributed by atoms with van der Waals surface area (Å²) in [6, 6.07) is 7.16. The van der Waals surface area contributed by atoms with E-state index in [1.165, 1.54) is 0 Å². The summed E-state index contributed by atoms with van der Waals surface area (Å²) >= 11 is 0. The number of hydrogen-bond donors (Lipinski definition) is 2. The zero-order chi connectivity index (χ0) is 15.4. The second-order valence-corrected chi connectivity index (χ2v) is 4.63. The van der Waals surface area contributed by atoms with E-state index in [9.17, 15) is 4.79 Å². The van der Waals surface area contributed by atoms with Gasteiger partial charge in [-0.1, -0.05) is 36.9 Å². The summed E-state index contributed by atoms with van der Waals surface area (Å²) in [6.45, 7) is 7.67. The third-order valence-corrected chi connectivity index (χ3v) is 3.27. The molecule has 1 atom stereocenters. The largest absolute Gasteiger partial charge is 0.463 e. The van der Waals surface area contributed by atoms with Gasteiger partial charge in [0.2, 0.25) is 0 Å². The standard InChI is InChI=1S/C16H19N3O2.ClH/c1-4-11-8-6-7-9-12(11)14-13(15(20)21-5-2)10(3)18-16(17)19-14;/h4,6-9,14H,1,5H2,2-3H3,(H3,17,18,19);1H. The van der Waals surface area contributed by atoms with Gasteiger partial charge in [-0.3, -0.25) is 0 Å². The van der Waals surface area contributed by atoms with Gasteiger partial charge in [0, 0.05) is 5.70 Å². The van der Waals surface area contributed by atoms with Crippen molar-refractivity contribution in [2.24, 2.45) is 10.7 Å². The van der Waals surface area contributed by atoms with Gasteiger partial charge in [-0.15, -0.1) is 12.4 Å². The van der Waals surface area contributed by atoms with Crippen LogP contribution in [-0.4, -0.2) is 18.5 Å². The van der Waals surface area contributed by atoms with Gasteiger partial charge in [-0.2, -0.15) is 0 Å². The molecular weight excluding hydrogens is 302 g/mol. The number of guanidine groups is 1. The molecule has 0 aromatic heterocycles. The lowest BCUT2D eigenvalue weighted by atomic mass is 9.92. The number of halogens is 1. The molecule has 1 heterocycles. The van der Waals surface area contributed by atoms with Crippen LogP contribution in [0.4, 0.5) is 0 Å². The average molecular weight is 322 g/mol. The molecule has 0 saturated carbocycles. The summed E-state index contributed by atoms with van der Waals surface area (Å²) < 4.78 is 5.14. The smallest absolute Gasteiger partial charge is 0.338 e. The maximum absolute atomic E-state index is 12.2. The molecule has 1 aromatic rings. The molecule has 0 radical (unpaired) electrons. The average Bonchev–Trinajstić information content (AvgIpc) is 2.46. The Morgan fingerprint density at radius 2 is 2.18 bits per heavy atom. The number of benzene rings is 1. The van der Waals surface area contributed by atoms with Gasteiger partial charge >= 0.3 is 5.97 Å². The van der Waals surface area contributed by atoms with Crippen molar-refractivity contribution in [3.63, 3.8) is 0 Å². The summed E-state index contributed by atoms with van der Waals surface area (Å²) in [4.78, 5) is 16.6. The van der Waals surface area contributed by atoms with Gasteiger partial charge in [0.05, 0.1) is 12.2 Å². The van der Waals surface area contributed by atoms with E-state index in [1.807, 2.05) is 24.3 Å². The first-order chi connectivity index (χ1) is 10.1. The van der Waals surface area contributed by atoms with E-state index in [0.717, 1.165) is 11.1 Å². The highest BCUT2D eigenvalue weighted by Crippen LogP contribution is 2.33. The molecular formula is C16H20ClN3O2. The Bertz CT molecular complexity index is 638. The Kier molecular flexibility index (Phi) is 6.19. The van der Waals surface area contributed by atoms with Crippen LogP contribution in [-0.2, 0) is 9.53 Å². The number of aliphatic imine (C=N–C) groups is 1. The first-order valence-corrected chi connectivity index (χ1v) is 6.78. The highest BCUT2D eigenvalue weighted by Gasteiger charge is 2.30. The second kappa shape index (κ2) is 7.66. The van der Waals surface area contributed by atoms with Crippen LogP contribution in [0.2, 0.25) is 0 Å². The molecule has 2 rings (SSSR count). The van der Waals surface area contributed by atoms with E-state index in [-0.39, 0.29) is 24.3 Å². The van der Waals surface area contributed by atoms with E-state index in [0.29, 0.717) is 17.9 Å². The van der Waals surface area contributed by atoms with Gasteiger partial charge in [-0.05, 0) is 25.0 Å². The molecule has 0 bridgehead atoms. The number of hydrogen-bond acceptors (Lipinski definition) is 5. The van der Waals surface area contributed by atoms with Gasteiger partial charge in [0.15, 0.2) is 5.96 Å². The van der Waals surface area contributed by atoms with E-state index in [4.69, 9.17) is 10.5 Å². The fraction of sp³-hybridized carbons (Fsp3) is 0.250. The van der Waals surface area contributed by atoms with E-state index in [1.54, 1.807) is 19.9 Å². The van der Waals surface area contributed by atoms with Crippen molar-refractivity contribution < 1.29 is 9.53 Å². The first-order valence-electron chi connectivity index (χ1n) is 6.78. The van der Waals surface area contributed by atoms with Crippen molar-refractivity contribution >= 4 is 30.4 Å². The predicted molar refractivity (Wildman–Crippen MR) is 90.6 cm³/mol. The summed E-state index contributed by atoms with van der Waals surface area (Å²) in [5.74, 6) is -0.105. The van der Waals surface area contributed by atoms with Gasteiger partial charge in [0.1, 0.15) is 6.04 Å². The highest BCUT2D eigenvalue weighted by atomic mass is 35.5. The van der Waals surface area contributed by atoms with Crippen LogP contribution in [0, 0.1) is 0 Å². The van der Waals surface area contributed by atoms with Crippen LogP contribution in [0.25, 0.3) is 6.08 Å². The number of allylic oxidation sites excluding steroid dienone is 1. The summed E-state index contributed by atoms with van der Waals surface area (Å²) in [6.07, 6.45) is 1.74. The van der Waals surface area contributed by atoms with Crippen LogP contribution in [0.5, 0.6) is 0 Å². The maximum Gasteiger partial charge on any atom is 0.338 e. The van der Waals surface area contributed by atoms with E-state index >= 15 is 0 Å². The molecule has 1 unspecified atom stereocenters. The molecule has 3 N–H and O–H groups in total. The predicted octanol–water partition coefficient (Wildman–Crippen LogP) is 2.55. The van der Waals surface area contributed by atoms with Crippen molar-refractivity contribution in [1.82, 2.24) is 5.32 Å². The molecule has 1 aliphatic rings. The second-order valence-electron chi connectivity index (χ2n) is 4.63. The lowest BCUT2D eigenvalue weighted by Gasteiger charge is -2.25. The fourth-order valence-electron chi connectivity index (χ4n) is 2.34. The van der Waals surface area contributed by atoms with Crippen LogP contribution >= 0.6 is 12.4 Å². The number of esters is 1.